The van der Waals surface area contributed by atoms with Gasteiger partial charge in [-0.25, -0.2) is 18.2 Å². The Kier molecular flexibility index (Phi) is 3.81. The molecule has 0 aliphatic heterocycles. The maximum atomic E-state index is 11.3. The lowest BCUT2D eigenvalue weighted by Gasteiger charge is -2.08. The predicted molar refractivity (Wildman–Crippen MR) is 75.2 cm³/mol. The average Bonchev–Trinajstić information content (AvgIpc) is 2.40. The summed E-state index contributed by atoms with van der Waals surface area (Å²) < 4.78 is 28.0. The Hall–Kier alpha value is -2.61. The fourth-order valence-electron chi connectivity index (χ4n) is 1.54. The molecular weight excluding hydrogens is 296 g/mol. The zero-order valence-electron chi connectivity index (χ0n) is 11.0. The molecule has 2 aromatic rings. The van der Waals surface area contributed by atoms with E-state index < -0.39 is 15.8 Å². The number of carboxylic acid groups (broad SMARTS) is 1. The Morgan fingerprint density at radius 3 is 2.38 bits per heavy atom. The van der Waals surface area contributed by atoms with E-state index in [2.05, 4.69) is 4.98 Å². The van der Waals surface area contributed by atoms with Crippen molar-refractivity contribution in [1.29, 1.82) is 0 Å². The molecule has 1 heterocycles. The number of aromatic carboxylic acids is 1. The molecule has 0 spiro atoms. The van der Waals surface area contributed by atoms with Gasteiger partial charge in [-0.15, -0.1) is 0 Å². The number of nitrogens with two attached hydrogens (primary N) is 1. The molecule has 0 saturated carbocycles. The number of anilines is 1. The smallest absolute Gasteiger partial charge is 0.337 e. The van der Waals surface area contributed by atoms with Crippen LogP contribution >= 0.6 is 0 Å². The highest BCUT2D eigenvalue weighted by Crippen LogP contribution is 2.26. The summed E-state index contributed by atoms with van der Waals surface area (Å²) in [5, 5.41) is 8.80. The van der Waals surface area contributed by atoms with E-state index in [-0.39, 0.29) is 22.0 Å². The van der Waals surface area contributed by atoms with Crippen molar-refractivity contribution in [3.05, 3.63) is 42.1 Å². The van der Waals surface area contributed by atoms with E-state index in [1.807, 2.05) is 0 Å². The van der Waals surface area contributed by atoms with E-state index in [9.17, 15) is 13.2 Å². The normalized spacial score (nSPS) is 11.1. The number of carbonyl (C=O) groups is 1. The van der Waals surface area contributed by atoms with Crippen LogP contribution in [0.25, 0.3) is 0 Å². The molecule has 0 unspecified atom stereocenters. The predicted octanol–water partition coefficient (Wildman–Crippen LogP) is 1.56. The van der Waals surface area contributed by atoms with Gasteiger partial charge in [0.2, 0.25) is 5.88 Å². The second kappa shape index (κ2) is 5.41. The molecule has 1 aromatic heterocycles. The fourth-order valence-corrected chi connectivity index (χ4v) is 2.17. The number of rotatable bonds is 4. The Labute approximate surface area is 120 Å². The fraction of sp³-hybridized carbons (Fsp3) is 0.0769. The van der Waals surface area contributed by atoms with E-state index in [0.717, 1.165) is 12.5 Å². The molecular formula is C13H12N2O5S. The van der Waals surface area contributed by atoms with Gasteiger partial charge in [-0.3, -0.25) is 0 Å². The van der Waals surface area contributed by atoms with Crippen molar-refractivity contribution in [2.45, 2.75) is 4.90 Å². The zero-order valence-corrected chi connectivity index (χ0v) is 11.8. The number of hydrogen-bond acceptors (Lipinski definition) is 6. The summed E-state index contributed by atoms with van der Waals surface area (Å²) >= 11 is 0. The van der Waals surface area contributed by atoms with Gasteiger partial charge >= 0.3 is 5.97 Å². The number of nitrogens with zero attached hydrogens (tertiary/aromatic N) is 1. The van der Waals surface area contributed by atoms with Crippen LogP contribution in [-0.2, 0) is 9.84 Å². The van der Waals surface area contributed by atoms with E-state index in [0.29, 0.717) is 5.75 Å². The van der Waals surface area contributed by atoms with Crippen LogP contribution in [-0.4, -0.2) is 30.7 Å². The summed E-state index contributed by atoms with van der Waals surface area (Å²) in [6, 6.07) is 6.94. The molecule has 0 aliphatic carbocycles. The van der Waals surface area contributed by atoms with Gasteiger partial charge in [0.1, 0.15) is 5.75 Å². The van der Waals surface area contributed by atoms with Crippen molar-refractivity contribution in [2.24, 2.45) is 0 Å². The largest absolute Gasteiger partial charge is 0.478 e. The van der Waals surface area contributed by atoms with E-state index in [1.54, 1.807) is 0 Å². The van der Waals surface area contributed by atoms with Crippen LogP contribution in [0.2, 0.25) is 0 Å². The van der Waals surface area contributed by atoms with Crippen LogP contribution in [0.15, 0.2) is 41.4 Å². The summed E-state index contributed by atoms with van der Waals surface area (Å²) in [5.41, 5.74) is 5.68. The Morgan fingerprint density at radius 1 is 1.29 bits per heavy atom. The van der Waals surface area contributed by atoms with Crippen molar-refractivity contribution in [3.63, 3.8) is 0 Å². The van der Waals surface area contributed by atoms with Crippen molar-refractivity contribution in [2.75, 3.05) is 12.0 Å². The van der Waals surface area contributed by atoms with Crippen LogP contribution in [0.1, 0.15) is 10.4 Å². The number of benzene rings is 1. The highest BCUT2D eigenvalue weighted by atomic mass is 32.2. The molecule has 0 saturated heterocycles. The third kappa shape index (κ3) is 3.48. The molecule has 0 atom stereocenters. The van der Waals surface area contributed by atoms with Gasteiger partial charge < -0.3 is 15.6 Å². The first-order valence-electron chi connectivity index (χ1n) is 5.74. The van der Waals surface area contributed by atoms with Crippen molar-refractivity contribution >= 4 is 21.5 Å². The molecule has 1 aromatic carbocycles. The molecule has 0 amide bonds. The number of nitrogen functional groups attached to an aromatic ring is 1. The summed E-state index contributed by atoms with van der Waals surface area (Å²) in [6.07, 6.45) is 2.23. The molecule has 7 nitrogen and oxygen atoms in total. The van der Waals surface area contributed by atoms with E-state index in [4.69, 9.17) is 15.6 Å². The third-order valence-corrected chi connectivity index (χ3v) is 3.72. The van der Waals surface area contributed by atoms with E-state index >= 15 is 0 Å². The number of hydrogen-bond donors (Lipinski definition) is 2. The monoisotopic (exact) mass is 308 g/mol. The molecule has 0 aliphatic rings. The van der Waals surface area contributed by atoms with Crippen LogP contribution in [0, 0.1) is 0 Å². The summed E-state index contributed by atoms with van der Waals surface area (Å²) in [5.74, 6) is -0.755. The second-order valence-electron chi connectivity index (χ2n) is 4.27. The number of carboxylic acids is 1. The summed E-state index contributed by atoms with van der Waals surface area (Å²) in [6.45, 7) is 0. The lowest BCUT2D eigenvalue weighted by Crippen LogP contribution is -2.02. The third-order valence-electron chi connectivity index (χ3n) is 2.59. The molecule has 0 radical (unpaired) electrons. The maximum Gasteiger partial charge on any atom is 0.337 e. The van der Waals surface area contributed by atoms with Crippen LogP contribution in [0.3, 0.4) is 0 Å². The maximum absolute atomic E-state index is 11.3. The zero-order chi connectivity index (χ0) is 15.6. The first-order valence-corrected chi connectivity index (χ1v) is 7.63. The number of pyridine rings is 1. The molecule has 2 rings (SSSR count). The number of sulfone groups is 1. The van der Waals surface area contributed by atoms with Gasteiger partial charge in [0, 0.05) is 12.5 Å². The Morgan fingerprint density at radius 2 is 1.90 bits per heavy atom. The quantitative estimate of drug-likeness (QED) is 0.879. The standard InChI is InChI=1S/C13H12N2O5S/c1-21(18,19)10-4-2-9(3-5-10)20-12-11(14)6-8(7-15-12)13(16)17/h2-7H,14H2,1H3,(H,16,17). The highest BCUT2D eigenvalue weighted by Gasteiger charge is 2.11. The molecule has 8 heteroatoms. The first-order chi connectivity index (χ1) is 9.77. The van der Waals surface area contributed by atoms with Crippen molar-refractivity contribution in [1.82, 2.24) is 4.98 Å². The lowest BCUT2D eigenvalue weighted by atomic mass is 10.2. The van der Waals surface area contributed by atoms with Crippen molar-refractivity contribution in [3.8, 4) is 11.6 Å². The summed E-state index contributed by atoms with van der Waals surface area (Å²) in [7, 11) is -3.28. The minimum absolute atomic E-state index is 0.0482. The minimum Gasteiger partial charge on any atom is -0.478 e. The van der Waals surface area contributed by atoms with Gasteiger partial charge in [-0.05, 0) is 30.3 Å². The Bertz CT molecular complexity index is 785. The topological polar surface area (TPSA) is 120 Å². The molecule has 21 heavy (non-hydrogen) atoms. The molecule has 0 bridgehead atoms. The highest BCUT2D eigenvalue weighted by molar-refractivity contribution is 7.90. The van der Waals surface area contributed by atoms with Gasteiger partial charge in [0.25, 0.3) is 0 Å². The van der Waals surface area contributed by atoms with Crippen molar-refractivity contribution < 1.29 is 23.1 Å². The van der Waals surface area contributed by atoms with Crippen LogP contribution in [0.5, 0.6) is 11.6 Å². The SMILES string of the molecule is CS(=O)(=O)c1ccc(Oc2ncc(C(=O)O)cc2N)cc1. The first kappa shape index (κ1) is 14.8. The number of aromatic nitrogens is 1. The second-order valence-corrected chi connectivity index (χ2v) is 6.28. The molecule has 0 fully saturated rings. The van der Waals surface area contributed by atoms with E-state index in [1.165, 1.54) is 30.3 Å². The minimum atomic E-state index is -3.28. The average molecular weight is 308 g/mol. The number of ether oxygens (including phenoxy) is 1. The molecule has 110 valence electrons. The van der Waals surface area contributed by atoms with Crippen LogP contribution in [0.4, 0.5) is 5.69 Å². The Balaban J connectivity index is 2.24. The van der Waals surface area contributed by atoms with Gasteiger partial charge in [-0.1, -0.05) is 0 Å². The van der Waals surface area contributed by atoms with Crippen LogP contribution < -0.4 is 10.5 Å². The lowest BCUT2D eigenvalue weighted by molar-refractivity contribution is 0.0696. The van der Waals surface area contributed by atoms with Gasteiger partial charge in [0.15, 0.2) is 9.84 Å². The van der Waals surface area contributed by atoms with Gasteiger partial charge in [-0.2, -0.15) is 0 Å². The summed E-state index contributed by atoms with van der Waals surface area (Å²) in [4.78, 5) is 14.7. The molecule has 3 N–H and O–H groups in total. The van der Waals surface area contributed by atoms with Gasteiger partial charge in [0.05, 0.1) is 16.1 Å².